The molecule has 0 radical (unpaired) electrons. The molecule has 14 heavy (non-hydrogen) atoms. The van der Waals surface area contributed by atoms with E-state index in [9.17, 15) is 0 Å². The topological polar surface area (TPSA) is 17.8 Å². The smallest absolute Gasteiger partial charge is 0.141 e. The monoisotopic (exact) mass is 268 g/mol. The minimum Gasteiger partial charge on any atom is -0.314 e. The predicted octanol–water partition coefficient (Wildman–Crippen LogP) is 3.33. The Morgan fingerprint density at radius 1 is 1.43 bits per heavy atom. The molecular weight excluding hydrogens is 263 g/mol. The van der Waals surface area contributed by atoms with Gasteiger partial charge in [-0.2, -0.15) is 0 Å². The van der Waals surface area contributed by atoms with E-state index in [0.717, 1.165) is 27.6 Å². The lowest BCUT2D eigenvalue weighted by Gasteiger charge is -1.97. The van der Waals surface area contributed by atoms with E-state index >= 15 is 0 Å². The van der Waals surface area contributed by atoms with Gasteiger partial charge < -0.3 is 4.57 Å². The van der Waals surface area contributed by atoms with Gasteiger partial charge in [-0.3, -0.25) is 0 Å². The Labute approximate surface area is 94.7 Å². The van der Waals surface area contributed by atoms with Crippen molar-refractivity contribution in [1.29, 1.82) is 0 Å². The quantitative estimate of drug-likeness (QED) is 0.612. The molecule has 2 nitrogen and oxygen atoms in total. The van der Waals surface area contributed by atoms with Gasteiger partial charge in [-0.15, -0.1) is 0 Å². The predicted molar refractivity (Wildman–Crippen MR) is 59.5 cm³/mol. The maximum Gasteiger partial charge on any atom is 0.141 e. The van der Waals surface area contributed by atoms with Gasteiger partial charge in [-0.25, -0.2) is 4.98 Å². The Balaban J connectivity index is 2.29. The van der Waals surface area contributed by atoms with E-state index in [2.05, 4.69) is 31.5 Å². The molecule has 1 aromatic heterocycles. The van der Waals surface area contributed by atoms with Crippen molar-refractivity contribution in [3.8, 4) is 11.4 Å². The average molecular weight is 270 g/mol. The largest absolute Gasteiger partial charge is 0.314 e. The number of aromatic nitrogens is 2. The molecule has 4 heteroatoms. The van der Waals surface area contributed by atoms with Crippen LogP contribution in [0.1, 0.15) is 5.56 Å². The van der Waals surface area contributed by atoms with Crippen LogP contribution in [0.2, 0.25) is 5.02 Å². The van der Waals surface area contributed by atoms with Crippen LogP contribution >= 0.6 is 27.5 Å². The van der Waals surface area contributed by atoms with Crippen molar-refractivity contribution < 1.29 is 0 Å². The third-order valence-corrected chi connectivity index (χ3v) is 3.32. The fourth-order valence-corrected chi connectivity index (χ4v) is 2.35. The zero-order valence-corrected chi connectivity index (χ0v) is 9.51. The normalized spacial score (nSPS) is 12.7. The van der Waals surface area contributed by atoms with Gasteiger partial charge >= 0.3 is 0 Å². The van der Waals surface area contributed by atoms with Crippen LogP contribution in [-0.4, -0.2) is 9.55 Å². The second kappa shape index (κ2) is 2.84. The summed E-state index contributed by atoms with van der Waals surface area (Å²) < 4.78 is 3.14. The third-order valence-electron chi connectivity index (χ3n) is 2.45. The van der Waals surface area contributed by atoms with Crippen molar-refractivity contribution in [2.45, 2.75) is 6.54 Å². The molecular formula is C10H6BrClN2. The highest BCUT2D eigenvalue weighted by molar-refractivity contribution is 9.10. The zero-order chi connectivity index (χ0) is 9.71. The van der Waals surface area contributed by atoms with Crippen molar-refractivity contribution in [2.24, 2.45) is 0 Å². The molecule has 0 amide bonds. The van der Waals surface area contributed by atoms with E-state index < -0.39 is 0 Å². The number of hydrogen-bond donors (Lipinski definition) is 0. The van der Waals surface area contributed by atoms with Crippen LogP contribution < -0.4 is 0 Å². The summed E-state index contributed by atoms with van der Waals surface area (Å²) in [6.07, 6.45) is 1.82. The molecule has 70 valence electrons. The van der Waals surface area contributed by atoms with E-state index in [4.69, 9.17) is 11.6 Å². The molecule has 2 aromatic rings. The van der Waals surface area contributed by atoms with Gasteiger partial charge in [-0.1, -0.05) is 17.7 Å². The van der Waals surface area contributed by atoms with E-state index in [-0.39, 0.29) is 0 Å². The van der Waals surface area contributed by atoms with Gasteiger partial charge in [0.2, 0.25) is 0 Å². The third kappa shape index (κ3) is 1.06. The lowest BCUT2D eigenvalue weighted by atomic mass is 10.1. The SMILES string of the molecule is Clc1ccc2c(c1)-c1ncc(Br)n1C2. The summed E-state index contributed by atoms with van der Waals surface area (Å²) >= 11 is 9.41. The van der Waals surface area contributed by atoms with Crippen LogP contribution in [0.25, 0.3) is 11.4 Å². The van der Waals surface area contributed by atoms with Crippen molar-refractivity contribution >= 4 is 27.5 Å². The lowest BCUT2D eigenvalue weighted by molar-refractivity contribution is 0.828. The molecule has 3 rings (SSSR count). The van der Waals surface area contributed by atoms with Crippen LogP contribution in [0.5, 0.6) is 0 Å². The van der Waals surface area contributed by atoms with E-state index in [0.29, 0.717) is 0 Å². The Bertz CT molecular complexity index is 519. The standard InChI is InChI=1S/C10H6BrClN2/c11-9-4-13-10-8-3-7(12)2-1-6(8)5-14(9)10/h1-4H,5H2. The molecule has 0 aliphatic carbocycles. The van der Waals surface area contributed by atoms with Crippen LogP contribution in [0.4, 0.5) is 0 Å². The molecule has 1 aliphatic rings. The van der Waals surface area contributed by atoms with Crippen LogP contribution in [0, 0.1) is 0 Å². The van der Waals surface area contributed by atoms with Gasteiger partial charge in [0.05, 0.1) is 12.7 Å². The maximum absolute atomic E-state index is 5.95. The Kier molecular flexibility index (Phi) is 1.73. The lowest BCUT2D eigenvalue weighted by Crippen LogP contribution is -1.91. The summed E-state index contributed by atoms with van der Waals surface area (Å²) in [7, 11) is 0. The van der Waals surface area contributed by atoms with Crippen molar-refractivity contribution in [1.82, 2.24) is 9.55 Å². The fraction of sp³-hybridized carbons (Fsp3) is 0.100. The molecule has 0 unspecified atom stereocenters. The minimum atomic E-state index is 0.760. The zero-order valence-electron chi connectivity index (χ0n) is 7.17. The highest BCUT2D eigenvalue weighted by atomic mass is 79.9. The number of rotatable bonds is 0. The van der Waals surface area contributed by atoms with Gasteiger partial charge in [-0.05, 0) is 33.6 Å². The van der Waals surface area contributed by atoms with Gasteiger partial charge in [0, 0.05) is 10.6 Å². The van der Waals surface area contributed by atoms with Crippen LogP contribution in [0.15, 0.2) is 29.0 Å². The van der Waals surface area contributed by atoms with E-state index in [1.54, 1.807) is 0 Å². The maximum atomic E-state index is 5.95. The first-order chi connectivity index (χ1) is 6.75. The van der Waals surface area contributed by atoms with Gasteiger partial charge in [0.15, 0.2) is 0 Å². The number of imidazole rings is 1. The molecule has 1 aromatic carbocycles. The van der Waals surface area contributed by atoms with Gasteiger partial charge in [0.25, 0.3) is 0 Å². The van der Waals surface area contributed by atoms with Gasteiger partial charge in [0.1, 0.15) is 10.4 Å². The number of hydrogen-bond acceptors (Lipinski definition) is 1. The fourth-order valence-electron chi connectivity index (χ4n) is 1.79. The first-order valence-corrected chi connectivity index (χ1v) is 5.42. The second-order valence-electron chi connectivity index (χ2n) is 3.29. The highest BCUT2D eigenvalue weighted by Gasteiger charge is 2.21. The Morgan fingerprint density at radius 3 is 3.14 bits per heavy atom. The number of fused-ring (bicyclic) bond motifs is 3. The highest BCUT2D eigenvalue weighted by Crippen LogP contribution is 2.34. The minimum absolute atomic E-state index is 0.760. The number of benzene rings is 1. The van der Waals surface area contributed by atoms with E-state index in [1.165, 1.54) is 5.56 Å². The summed E-state index contributed by atoms with van der Waals surface area (Å²) in [5, 5.41) is 0.760. The second-order valence-corrected chi connectivity index (χ2v) is 4.54. The Morgan fingerprint density at radius 2 is 2.29 bits per heavy atom. The first-order valence-electron chi connectivity index (χ1n) is 4.25. The Hall–Kier alpha value is -0.800. The molecule has 1 aliphatic heterocycles. The number of halogens is 2. The molecule has 0 saturated carbocycles. The summed E-state index contributed by atoms with van der Waals surface area (Å²) in [4.78, 5) is 4.34. The van der Waals surface area contributed by atoms with Crippen molar-refractivity contribution in [2.75, 3.05) is 0 Å². The molecule has 0 N–H and O–H groups in total. The first kappa shape index (κ1) is 8.50. The summed E-state index contributed by atoms with van der Waals surface area (Å²) in [5.41, 5.74) is 2.42. The summed E-state index contributed by atoms with van der Waals surface area (Å²) in [6.45, 7) is 0.877. The van der Waals surface area contributed by atoms with Crippen molar-refractivity contribution in [3.63, 3.8) is 0 Å². The van der Waals surface area contributed by atoms with Crippen molar-refractivity contribution in [3.05, 3.63) is 39.6 Å². The molecule has 2 heterocycles. The molecule has 0 atom stereocenters. The summed E-state index contributed by atoms with van der Waals surface area (Å²) in [5.74, 6) is 0.995. The molecule has 0 fully saturated rings. The van der Waals surface area contributed by atoms with E-state index in [1.807, 2.05) is 18.3 Å². The summed E-state index contributed by atoms with van der Waals surface area (Å²) in [6, 6.07) is 5.94. The molecule has 0 saturated heterocycles. The van der Waals surface area contributed by atoms with Crippen LogP contribution in [-0.2, 0) is 6.54 Å². The molecule has 0 bridgehead atoms. The number of nitrogens with zero attached hydrogens (tertiary/aromatic N) is 2. The van der Waals surface area contributed by atoms with Crippen LogP contribution in [0.3, 0.4) is 0 Å². The molecule has 0 spiro atoms. The average Bonchev–Trinajstić information content (AvgIpc) is 2.67.